The number of thiophene rings is 1. The lowest BCUT2D eigenvalue weighted by Crippen LogP contribution is -2.45. The molecule has 1 rings (SSSR count). The van der Waals surface area contributed by atoms with E-state index in [1.807, 2.05) is 6.08 Å². The highest BCUT2D eigenvalue weighted by molar-refractivity contribution is 7.09. The van der Waals surface area contributed by atoms with E-state index in [-0.39, 0.29) is 5.54 Å². The van der Waals surface area contributed by atoms with Crippen LogP contribution in [0.15, 0.2) is 30.2 Å². The number of nitrogens with zero attached hydrogens (tertiary/aromatic N) is 1. The smallest absolute Gasteiger partial charge is 0.0331 e. The Bertz CT molecular complexity index is 285. The van der Waals surface area contributed by atoms with Crippen LogP contribution in [0.3, 0.4) is 0 Å². The van der Waals surface area contributed by atoms with Gasteiger partial charge in [-0.25, -0.2) is 0 Å². The van der Waals surface area contributed by atoms with Crippen molar-refractivity contribution in [2.24, 2.45) is 5.73 Å². The largest absolute Gasteiger partial charge is 0.324 e. The maximum atomic E-state index is 6.02. The van der Waals surface area contributed by atoms with Crippen molar-refractivity contribution in [3.8, 4) is 0 Å². The van der Waals surface area contributed by atoms with Gasteiger partial charge in [-0.05, 0) is 25.3 Å². The van der Waals surface area contributed by atoms with E-state index in [2.05, 4.69) is 42.8 Å². The molecular formula is C12H20N2S. The summed E-state index contributed by atoms with van der Waals surface area (Å²) in [6, 6.07) is 4.24. The normalized spacial score (nSPS) is 12.0. The van der Waals surface area contributed by atoms with Gasteiger partial charge in [-0.3, -0.25) is 4.90 Å². The fraction of sp³-hybridized carbons (Fsp3) is 0.500. The van der Waals surface area contributed by atoms with Crippen LogP contribution in [0.5, 0.6) is 0 Å². The first-order chi connectivity index (χ1) is 7.01. The summed E-state index contributed by atoms with van der Waals surface area (Å²) in [6.45, 7) is 10.6. The van der Waals surface area contributed by atoms with Gasteiger partial charge in [-0.15, -0.1) is 17.9 Å². The second-order valence-electron chi connectivity index (χ2n) is 4.53. The highest BCUT2D eigenvalue weighted by Crippen LogP contribution is 2.13. The minimum absolute atomic E-state index is 0.153. The summed E-state index contributed by atoms with van der Waals surface area (Å²) in [4.78, 5) is 3.69. The quantitative estimate of drug-likeness (QED) is 0.752. The van der Waals surface area contributed by atoms with Crippen molar-refractivity contribution in [1.29, 1.82) is 0 Å². The standard InChI is InChI=1S/C12H20N2S/c1-4-7-14(10-12(2,3)13)9-11-6-5-8-15-11/h4-6,8H,1,7,9-10,13H2,2-3H3. The maximum absolute atomic E-state index is 6.02. The van der Waals surface area contributed by atoms with E-state index in [0.717, 1.165) is 19.6 Å². The Balaban J connectivity index is 2.54. The van der Waals surface area contributed by atoms with Gasteiger partial charge in [0, 0.05) is 30.1 Å². The molecule has 0 spiro atoms. The molecule has 84 valence electrons. The Morgan fingerprint density at radius 2 is 2.33 bits per heavy atom. The van der Waals surface area contributed by atoms with Gasteiger partial charge in [0.15, 0.2) is 0 Å². The first-order valence-electron chi connectivity index (χ1n) is 5.16. The zero-order chi connectivity index (χ0) is 11.3. The summed E-state index contributed by atoms with van der Waals surface area (Å²) in [6.07, 6.45) is 1.93. The van der Waals surface area contributed by atoms with Crippen molar-refractivity contribution in [2.75, 3.05) is 13.1 Å². The van der Waals surface area contributed by atoms with Gasteiger partial charge in [0.1, 0.15) is 0 Å². The Hall–Kier alpha value is -0.640. The Labute approximate surface area is 96.4 Å². The van der Waals surface area contributed by atoms with Crippen molar-refractivity contribution in [3.63, 3.8) is 0 Å². The lowest BCUT2D eigenvalue weighted by atomic mass is 10.1. The van der Waals surface area contributed by atoms with Crippen LogP contribution >= 0.6 is 11.3 Å². The molecule has 2 N–H and O–H groups in total. The van der Waals surface area contributed by atoms with Crippen molar-refractivity contribution in [2.45, 2.75) is 25.9 Å². The van der Waals surface area contributed by atoms with Gasteiger partial charge in [0.05, 0.1) is 0 Å². The molecule has 0 fully saturated rings. The second-order valence-corrected chi connectivity index (χ2v) is 5.56. The van der Waals surface area contributed by atoms with Crippen LogP contribution in [0.1, 0.15) is 18.7 Å². The number of nitrogens with two attached hydrogens (primary N) is 1. The molecular weight excluding hydrogens is 204 g/mol. The van der Waals surface area contributed by atoms with Gasteiger partial charge in [0.25, 0.3) is 0 Å². The fourth-order valence-corrected chi connectivity index (χ4v) is 2.31. The van der Waals surface area contributed by atoms with Crippen molar-refractivity contribution < 1.29 is 0 Å². The molecule has 3 heteroatoms. The molecule has 0 amide bonds. The first kappa shape index (κ1) is 12.4. The average Bonchev–Trinajstić information content (AvgIpc) is 2.54. The molecule has 0 aromatic carbocycles. The summed E-state index contributed by atoms with van der Waals surface area (Å²) < 4.78 is 0. The number of hydrogen-bond acceptors (Lipinski definition) is 3. The first-order valence-corrected chi connectivity index (χ1v) is 6.04. The van der Waals surface area contributed by atoms with Gasteiger partial charge >= 0.3 is 0 Å². The highest BCUT2D eigenvalue weighted by Gasteiger charge is 2.16. The topological polar surface area (TPSA) is 29.3 Å². The minimum Gasteiger partial charge on any atom is -0.324 e. The summed E-state index contributed by atoms with van der Waals surface area (Å²) in [5, 5.41) is 2.11. The van der Waals surface area contributed by atoms with E-state index in [9.17, 15) is 0 Å². The maximum Gasteiger partial charge on any atom is 0.0331 e. The van der Waals surface area contributed by atoms with Gasteiger partial charge in [0.2, 0.25) is 0 Å². The van der Waals surface area contributed by atoms with E-state index in [1.54, 1.807) is 11.3 Å². The summed E-state index contributed by atoms with van der Waals surface area (Å²) in [5.74, 6) is 0. The Kier molecular flexibility index (Phi) is 4.51. The van der Waals surface area contributed by atoms with Crippen LogP contribution in [-0.4, -0.2) is 23.5 Å². The molecule has 0 aliphatic carbocycles. The molecule has 0 aliphatic heterocycles. The Morgan fingerprint density at radius 3 is 2.80 bits per heavy atom. The third-order valence-corrected chi connectivity index (χ3v) is 2.84. The van der Waals surface area contributed by atoms with E-state index in [0.29, 0.717) is 0 Å². The lowest BCUT2D eigenvalue weighted by molar-refractivity contribution is 0.241. The molecule has 0 saturated carbocycles. The van der Waals surface area contributed by atoms with E-state index in [1.165, 1.54) is 4.88 Å². The van der Waals surface area contributed by atoms with Crippen LogP contribution < -0.4 is 5.73 Å². The SMILES string of the molecule is C=CCN(Cc1cccs1)CC(C)(C)N. The zero-order valence-corrected chi connectivity index (χ0v) is 10.4. The van der Waals surface area contributed by atoms with E-state index < -0.39 is 0 Å². The molecule has 0 radical (unpaired) electrons. The van der Waals surface area contributed by atoms with Crippen LogP contribution in [0, 0.1) is 0 Å². The van der Waals surface area contributed by atoms with Crippen molar-refractivity contribution >= 4 is 11.3 Å². The van der Waals surface area contributed by atoms with Gasteiger partial charge in [-0.2, -0.15) is 0 Å². The Morgan fingerprint density at radius 1 is 1.60 bits per heavy atom. The molecule has 0 bridgehead atoms. The van der Waals surface area contributed by atoms with E-state index >= 15 is 0 Å². The minimum atomic E-state index is -0.153. The molecule has 1 heterocycles. The van der Waals surface area contributed by atoms with Crippen molar-refractivity contribution in [1.82, 2.24) is 4.90 Å². The monoisotopic (exact) mass is 224 g/mol. The van der Waals surface area contributed by atoms with Crippen LogP contribution in [0.25, 0.3) is 0 Å². The molecule has 0 saturated heterocycles. The molecule has 0 aliphatic rings. The molecule has 15 heavy (non-hydrogen) atoms. The molecule has 0 unspecified atom stereocenters. The predicted octanol–water partition coefficient (Wildman–Crippen LogP) is 2.47. The molecule has 1 aromatic heterocycles. The predicted molar refractivity (Wildman–Crippen MR) is 68.1 cm³/mol. The van der Waals surface area contributed by atoms with Crippen LogP contribution in [0.4, 0.5) is 0 Å². The van der Waals surface area contributed by atoms with Crippen LogP contribution in [0.2, 0.25) is 0 Å². The van der Waals surface area contributed by atoms with Gasteiger partial charge < -0.3 is 5.73 Å². The van der Waals surface area contributed by atoms with Crippen molar-refractivity contribution in [3.05, 3.63) is 35.0 Å². The summed E-state index contributed by atoms with van der Waals surface area (Å²) in [7, 11) is 0. The molecule has 2 nitrogen and oxygen atoms in total. The average molecular weight is 224 g/mol. The van der Waals surface area contributed by atoms with Crippen LogP contribution in [-0.2, 0) is 6.54 Å². The second kappa shape index (κ2) is 5.45. The summed E-state index contributed by atoms with van der Waals surface area (Å²) in [5.41, 5.74) is 5.87. The van der Waals surface area contributed by atoms with Gasteiger partial charge in [-0.1, -0.05) is 12.1 Å². The van der Waals surface area contributed by atoms with E-state index in [4.69, 9.17) is 5.73 Å². The summed E-state index contributed by atoms with van der Waals surface area (Å²) >= 11 is 1.79. The fourth-order valence-electron chi connectivity index (χ4n) is 1.57. The lowest BCUT2D eigenvalue weighted by Gasteiger charge is -2.28. The molecule has 0 atom stereocenters. The zero-order valence-electron chi connectivity index (χ0n) is 9.57. The third-order valence-electron chi connectivity index (χ3n) is 1.98. The third kappa shape index (κ3) is 5.11. The highest BCUT2D eigenvalue weighted by atomic mass is 32.1. The number of rotatable bonds is 6. The molecule has 1 aromatic rings. The number of hydrogen-bond donors (Lipinski definition) is 1.